The Morgan fingerprint density at radius 3 is 2.70 bits per heavy atom. The van der Waals surface area contributed by atoms with E-state index < -0.39 is 11.9 Å². The number of hydrogen-bond acceptors (Lipinski definition) is 3. The summed E-state index contributed by atoms with van der Waals surface area (Å²) in [6.07, 6.45) is 1.63. The van der Waals surface area contributed by atoms with Crippen LogP contribution in [0.2, 0.25) is 0 Å². The number of fused-ring (bicyclic) bond motifs is 1. The molecule has 1 atom stereocenters. The minimum atomic E-state index is -0.865. The van der Waals surface area contributed by atoms with Crippen molar-refractivity contribution in [2.24, 2.45) is 4.99 Å². The van der Waals surface area contributed by atoms with Gasteiger partial charge >= 0.3 is 5.97 Å². The summed E-state index contributed by atoms with van der Waals surface area (Å²) >= 11 is 0. The zero-order valence-corrected chi connectivity index (χ0v) is 12.6. The Bertz CT molecular complexity index is 794. The fraction of sp³-hybridized carbons (Fsp3) is 0.167. The summed E-state index contributed by atoms with van der Waals surface area (Å²) in [5.41, 5.74) is 4.26. The minimum absolute atomic E-state index is 0.0123. The lowest BCUT2D eigenvalue weighted by Crippen LogP contribution is -2.13. The van der Waals surface area contributed by atoms with Gasteiger partial charge in [0, 0.05) is 11.9 Å². The van der Waals surface area contributed by atoms with Crippen LogP contribution in [0, 0.1) is 6.92 Å². The van der Waals surface area contributed by atoms with Crippen molar-refractivity contribution in [1.29, 1.82) is 0 Å². The highest BCUT2D eigenvalue weighted by Gasteiger charge is 2.30. The molecule has 5 heteroatoms. The first-order valence-corrected chi connectivity index (χ1v) is 7.30. The first-order chi connectivity index (χ1) is 11.0. The predicted octanol–water partition coefficient (Wildman–Crippen LogP) is 3.06. The molecule has 2 aromatic rings. The van der Waals surface area contributed by atoms with Gasteiger partial charge in [-0.2, -0.15) is 0 Å². The lowest BCUT2D eigenvalue weighted by molar-refractivity contribution is -0.136. The number of nitrogens with one attached hydrogen (secondary N) is 1. The van der Waals surface area contributed by atoms with Crippen molar-refractivity contribution in [2.75, 3.05) is 5.32 Å². The lowest BCUT2D eigenvalue weighted by Gasteiger charge is -2.06. The molecule has 116 valence electrons. The molecule has 0 aromatic heterocycles. The van der Waals surface area contributed by atoms with Gasteiger partial charge in [-0.15, -0.1) is 0 Å². The molecule has 1 amide bonds. The maximum atomic E-state index is 12.1. The second-order valence-corrected chi connectivity index (χ2v) is 5.52. The molecular weight excluding hydrogens is 292 g/mol. The van der Waals surface area contributed by atoms with Crippen LogP contribution in [-0.4, -0.2) is 23.2 Å². The van der Waals surface area contributed by atoms with Crippen LogP contribution < -0.4 is 5.32 Å². The lowest BCUT2D eigenvalue weighted by atomic mass is 9.97. The van der Waals surface area contributed by atoms with Gasteiger partial charge < -0.3 is 10.4 Å². The number of benzene rings is 2. The third kappa shape index (κ3) is 3.13. The SMILES string of the molecule is Cc1cccc2c1C(C=Nc1ccc(CC(=O)O)cc1)C(=O)N2. The third-order valence-electron chi connectivity index (χ3n) is 3.84. The number of carboxylic acid groups (broad SMARTS) is 1. The van der Waals surface area contributed by atoms with Crippen LogP contribution in [0.15, 0.2) is 47.5 Å². The van der Waals surface area contributed by atoms with E-state index in [1.807, 2.05) is 25.1 Å². The standard InChI is InChI=1S/C18H16N2O3/c1-11-3-2-4-15-17(11)14(18(23)20-15)10-19-13-7-5-12(6-8-13)9-16(21)22/h2-8,10,14H,9H2,1H3,(H,20,23)(H,21,22). The summed E-state index contributed by atoms with van der Waals surface area (Å²) in [5, 5.41) is 11.6. The summed E-state index contributed by atoms with van der Waals surface area (Å²) in [6.45, 7) is 1.97. The van der Waals surface area contributed by atoms with Crippen molar-refractivity contribution in [2.45, 2.75) is 19.3 Å². The van der Waals surface area contributed by atoms with Gasteiger partial charge in [-0.3, -0.25) is 14.6 Å². The molecule has 0 fully saturated rings. The predicted molar refractivity (Wildman–Crippen MR) is 88.5 cm³/mol. The summed E-state index contributed by atoms with van der Waals surface area (Å²) in [5.74, 6) is -1.35. The first-order valence-electron chi connectivity index (χ1n) is 7.30. The van der Waals surface area contributed by atoms with Crippen LogP contribution in [0.4, 0.5) is 11.4 Å². The summed E-state index contributed by atoms with van der Waals surface area (Å²) in [7, 11) is 0. The molecule has 1 aliphatic rings. The van der Waals surface area contributed by atoms with Crippen molar-refractivity contribution < 1.29 is 14.7 Å². The highest BCUT2D eigenvalue weighted by atomic mass is 16.4. The third-order valence-corrected chi connectivity index (χ3v) is 3.84. The number of nitrogens with zero attached hydrogens (tertiary/aromatic N) is 1. The Labute approximate surface area is 133 Å². The van der Waals surface area contributed by atoms with Crippen LogP contribution >= 0.6 is 0 Å². The van der Waals surface area contributed by atoms with Crippen molar-refractivity contribution in [3.8, 4) is 0 Å². The number of carbonyl (C=O) groups is 2. The fourth-order valence-corrected chi connectivity index (χ4v) is 2.72. The Morgan fingerprint density at radius 2 is 2.00 bits per heavy atom. The van der Waals surface area contributed by atoms with Crippen LogP contribution in [0.25, 0.3) is 0 Å². The molecule has 2 aromatic carbocycles. The number of amides is 1. The molecule has 0 spiro atoms. The van der Waals surface area contributed by atoms with E-state index in [4.69, 9.17) is 5.11 Å². The molecule has 1 aliphatic heterocycles. The first kappa shape index (κ1) is 15.0. The molecular formula is C18H16N2O3. The zero-order valence-electron chi connectivity index (χ0n) is 12.6. The molecule has 0 radical (unpaired) electrons. The van der Waals surface area contributed by atoms with Gasteiger partial charge in [0.05, 0.1) is 12.1 Å². The number of aliphatic carboxylic acids is 1. The molecule has 0 aliphatic carbocycles. The maximum Gasteiger partial charge on any atom is 0.307 e. The Hall–Kier alpha value is -2.95. The normalized spacial score (nSPS) is 16.4. The molecule has 1 unspecified atom stereocenters. The van der Waals surface area contributed by atoms with Gasteiger partial charge in [0.25, 0.3) is 0 Å². The summed E-state index contributed by atoms with van der Waals surface area (Å²) < 4.78 is 0. The van der Waals surface area contributed by atoms with E-state index in [-0.39, 0.29) is 12.3 Å². The number of rotatable bonds is 4. The number of hydrogen-bond donors (Lipinski definition) is 2. The number of carboxylic acids is 1. The molecule has 5 nitrogen and oxygen atoms in total. The van der Waals surface area contributed by atoms with E-state index in [2.05, 4.69) is 10.3 Å². The average Bonchev–Trinajstić information content (AvgIpc) is 2.83. The molecule has 0 saturated heterocycles. The maximum absolute atomic E-state index is 12.1. The van der Waals surface area contributed by atoms with Crippen molar-refractivity contribution in [3.05, 3.63) is 59.2 Å². The Morgan fingerprint density at radius 1 is 1.26 bits per heavy atom. The highest BCUT2D eigenvalue weighted by molar-refractivity contribution is 6.13. The smallest absolute Gasteiger partial charge is 0.307 e. The zero-order chi connectivity index (χ0) is 16.4. The van der Waals surface area contributed by atoms with Crippen molar-refractivity contribution >= 4 is 29.5 Å². The van der Waals surface area contributed by atoms with Gasteiger partial charge in [-0.05, 0) is 41.8 Å². The summed E-state index contributed by atoms with van der Waals surface area (Å²) in [6, 6.07) is 12.7. The van der Waals surface area contributed by atoms with E-state index in [0.29, 0.717) is 5.69 Å². The molecule has 3 rings (SSSR count). The molecule has 2 N–H and O–H groups in total. The van der Waals surface area contributed by atoms with Gasteiger partial charge in [0.2, 0.25) is 5.91 Å². The molecule has 0 saturated carbocycles. The van der Waals surface area contributed by atoms with Gasteiger partial charge in [0.1, 0.15) is 5.92 Å². The molecule has 1 heterocycles. The largest absolute Gasteiger partial charge is 0.481 e. The second-order valence-electron chi connectivity index (χ2n) is 5.52. The van der Waals surface area contributed by atoms with E-state index in [1.165, 1.54) is 0 Å². The van der Waals surface area contributed by atoms with E-state index >= 15 is 0 Å². The number of aliphatic imine (C=N–C) groups is 1. The average molecular weight is 308 g/mol. The monoisotopic (exact) mass is 308 g/mol. The number of carbonyl (C=O) groups excluding carboxylic acids is 1. The fourth-order valence-electron chi connectivity index (χ4n) is 2.72. The van der Waals surface area contributed by atoms with Crippen LogP contribution in [0.1, 0.15) is 22.6 Å². The van der Waals surface area contributed by atoms with Gasteiger partial charge in [-0.1, -0.05) is 24.3 Å². The second kappa shape index (κ2) is 6.04. The van der Waals surface area contributed by atoms with Crippen LogP contribution in [0.3, 0.4) is 0 Å². The highest BCUT2D eigenvalue weighted by Crippen LogP contribution is 2.34. The van der Waals surface area contributed by atoms with E-state index in [9.17, 15) is 9.59 Å². The van der Waals surface area contributed by atoms with E-state index in [1.54, 1.807) is 30.5 Å². The van der Waals surface area contributed by atoms with Crippen molar-refractivity contribution in [1.82, 2.24) is 0 Å². The number of anilines is 1. The molecule has 0 bridgehead atoms. The minimum Gasteiger partial charge on any atom is -0.481 e. The quantitative estimate of drug-likeness (QED) is 0.852. The summed E-state index contributed by atoms with van der Waals surface area (Å²) in [4.78, 5) is 27.1. The van der Waals surface area contributed by atoms with Crippen LogP contribution in [-0.2, 0) is 16.0 Å². The van der Waals surface area contributed by atoms with Crippen molar-refractivity contribution in [3.63, 3.8) is 0 Å². The Balaban J connectivity index is 1.81. The van der Waals surface area contributed by atoms with E-state index in [0.717, 1.165) is 22.4 Å². The topological polar surface area (TPSA) is 78.8 Å². The molecule has 23 heavy (non-hydrogen) atoms. The van der Waals surface area contributed by atoms with Gasteiger partial charge in [0.15, 0.2) is 0 Å². The Kier molecular flexibility index (Phi) is 3.93. The number of aryl methyl sites for hydroxylation is 1. The van der Waals surface area contributed by atoms with Crippen LogP contribution in [0.5, 0.6) is 0 Å². The van der Waals surface area contributed by atoms with Gasteiger partial charge in [-0.25, -0.2) is 0 Å².